The second-order valence-corrected chi connectivity index (χ2v) is 4.37. The van der Waals surface area contributed by atoms with E-state index in [1.54, 1.807) is 13.4 Å². The Morgan fingerprint density at radius 2 is 2.12 bits per heavy atom. The molecule has 1 aliphatic carbocycles. The van der Waals surface area contributed by atoms with Crippen molar-refractivity contribution in [3.63, 3.8) is 0 Å². The Morgan fingerprint density at radius 1 is 1.35 bits per heavy atom. The lowest BCUT2D eigenvalue weighted by molar-refractivity contribution is 0.176. The van der Waals surface area contributed by atoms with Crippen molar-refractivity contribution in [3.05, 3.63) is 12.0 Å². The van der Waals surface area contributed by atoms with Crippen LogP contribution in [0.3, 0.4) is 0 Å². The van der Waals surface area contributed by atoms with E-state index in [9.17, 15) is 0 Å². The van der Waals surface area contributed by atoms with Gasteiger partial charge in [0, 0.05) is 5.92 Å². The number of imidazole rings is 1. The van der Waals surface area contributed by atoms with Gasteiger partial charge in [-0.05, 0) is 12.8 Å². The predicted molar refractivity (Wildman–Crippen MR) is 63.4 cm³/mol. The molecule has 0 bridgehead atoms. The van der Waals surface area contributed by atoms with Crippen LogP contribution in [0.25, 0.3) is 11.2 Å². The lowest BCUT2D eigenvalue weighted by Gasteiger charge is -2.09. The minimum absolute atomic E-state index is 0.290. The fourth-order valence-corrected chi connectivity index (χ4v) is 2.54. The summed E-state index contributed by atoms with van der Waals surface area (Å²) < 4.78 is 1.52. The molecular formula is C11H15N5O. The highest BCUT2D eigenvalue weighted by molar-refractivity contribution is 5.75. The minimum Gasteiger partial charge on any atom is -0.414 e. The molecule has 1 fully saturated rings. The van der Waals surface area contributed by atoms with E-state index in [1.807, 2.05) is 0 Å². The molecule has 0 saturated heterocycles. The van der Waals surface area contributed by atoms with Crippen molar-refractivity contribution >= 4 is 17.1 Å². The van der Waals surface area contributed by atoms with Crippen LogP contribution >= 0.6 is 0 Å². The smallest absolute Gasteiger partial charge is 0.222 e. The maximum atomic E-state index is 5.76. The van der Waals surface area contributed by atoms with Crippen LogP contribution < -0.4 is 10.6 Å². The number of anilines is 1. The van der Waals surface area contributed by atoms with Gasteiger partial charge in [-0.2, -0.15) is 9.71 Å². The molecule has 0 spiro atoms. The van der Waals surface area contributed by atoms with Crippen LogP contribution in [0.1, 0.15) is 37.3 Å². The van der Waals surface area contributed by atoms with E-state index in [1.165, 1.54) is 17.6 Å². The Kier molecular flexibility index (Phi) is 2.35. The second kappa shape index (κ2) is 3.87. The molecule has 0 unspecified atom stereocenters. The fourth-order valence-electron chi connectivity index (χ4n) is 2.54. The van der Waals surface area contributed by atoms with Crippen molar-refractivity contribution in [2.45, 2.75) is 31.6 Å². The second-order valence-electron chi connectivity index (χ2n) is 4.37. The summed E-state index contributed by atoms with van der Waals surface area (Å²) in [6.45, 7) is 0. The van der Waals surface area contributed by atoms with Gasteiger partial charge in [0.25, 0.3) is 0 Å². The first-order valence-corrected chi connectivity index (χ1v) is 5.84. The number of hydrogen-bond donors (Lipinski definition) is 1. The Bertz CT molecular complexity index is 544. The third-order valence-corrected chi connectivity index (χ3v) is 3.35. The molecule has 0 radical (unpaired) electrons. The van der Waals surface area contributed by atoms with Crippen LogP contribution in [-0.2, 0) is 0 Å². The number of nitrogens with zero attached hydrogens (tertiary/aromatic N) is 4. The molecule has 1 saturated carbocycles. The summed E-state index contributed by atoms with van der Waals surface area (Å²) in [5.74, 6) is 0.751. The van der Waals surface area contributed by atoms with Gasteiger partial charge in [-0.3, -0.25) is 0 Å². The summed E-state index contributed by atoms with van der Waals surface area (Å²) in [6.07, 6.45) is 6.43. The number of nitrogen functional groups attached to an aromatic ring is 1. The molecule has 2 N–H and O–H groups in total. The Labute approximate surface area is 98.8 Å². The van der Waals surface area contributed by atoms with Gasteiger partial charge >= 0.3 is 0 Å². The van der Waals surface area contributed by atoms with E-state index in [0.717, 1.165) is 24.1 Å². The van der Waals surface area contributed by atoms with Gasteiger partial charge in [0.05, 0.1) is 5.69 Å². The van der Waals surface area contributed by atoms with Crippen molar-refractivity contribution in [2.75, 3.05) is 12.8 Å². The number of rotatable bonds is 2. The summed E-state index contributed by atoms with van der Waals surface area (Å²) in [4.78, 5) is 18.0. The SMILES string of the molecule is COn1cnc2c(C3CCCC3)nc(N)nc21. The molecule has 6 heteroatoms. The van der Waals surface area contributed by atoms with Gasteiger partial charge in [-0.15, -0.1) is 0 Å². The highest BCUT2D eigenvalue weighted by Crippen LogP contribution is 2.35. The molecule has 2 heterocycles. The number of nitrogens with two attached hydrogens (primary N) is 1. The molecule has 3 rings (SSSR count). The Morgan fingerprint density at radius 3 is 2.82 bits per heavy atom. The highest BCUT2D eigenvalue weighted by Gasteiger charge is 2.23. The molecule has 1 aliphatic rings. The Balaban J connectivity index is 2.19. The minimum atomic E-state index is 0.290. The number of hydrogen-bond acceptors (Lipinski definition) is 5. The van der Waals surface area contributed by atoms with Crippen LogP contribution in [0.2, 0.25) is 0 Å². The zero-order chi connectivity index (χ0) is 11.8. The summed E-state index contributed by atoms with van der Waals surface area (Å²) in [5, 5.41) is 0. The van der Waals surface area contributed by atoms with E-state index in [-0.39, 0.29) is 0 Å². The number of aromatic nitrogens is 4. The number of fused-ring (bicyclic) bond motifs is 1. The maximum absolute atomic E-state index is 5.76. The summed E-state index contributed by atoms with van der Waals surface area (Å²) in [6, 6.07) is 0. The summed E-state index contributed by atoms with van der Waals surface area (Å²) in [7, 11) is 1.58. The van der Waals surface area contributed by atoms with Crippen LogP contribution in [0.15, 0.2) is 6.33 Å². The van der Waals surface area contributed by atoms with Crippen molar-refractivity contribution in [3.8, 4) is 0 Å². The standard InChI is InChI=1S/C11H15N5O/c1-17-16-6-13-9-8(7-4-2-3-5-7)14-11(12)15-10(9)16/h6-7H,2-5H2,1H3,(H2,12,14,15). The monoisotopic (exact) mass is 233 g/mol. The van der Waals surface area contributed by atoms with Crippen LogP contribution in [0.5, 0.6) is 0 Å². The predicted octanol–water partition coefficient (Wildman–Crippen LogP) is 1.12. The lowest BCUT2D eigenvalue weighted by Crippen LogP contribution is -2.08. The molecule has 6 nitrogen and oxygen atoms in total. The molecule has 17 heavy (non-hydrogen) atoms. The largest absolute Gasteiger partial charge is 0.414 e. The Hall–Kier alpha value is -1.85. The molecule has 0 atom stereocenters. The average Bonchev–Trinajstić information content (AvgIpc) is 2.96. The molecule has 0 aliphatic heterocycles. The zero-order valence-electron chi connectivity index (χ0n) is 9.76. The highest BCUT2D eigenvalue weighted by atomic mass is 16.6. The maximum Gasteiger partial charge on any atom is 0.222 e. The van der Waals surface area contributed by atoms with Crippen LogP contribution in [-0.4, -0.2) is 26.8 Å². The molecule has 0 aromatic carbocycles. The van der Waals surface area contributed by atoms with Gasteiger partial charge < -0.3 is 10.6 Å². The van der Waals surface area contributed by atoms with Gasteiger partial charge in [-0.1, -0.05) is 12.8 Å². The van der Waals surface area contributed by atoms with Gasteiger partial charge in [0.1, 0.15) is 19.0 Å². The van der Waals surface area contributed by atoms with Crippen molar-refractivity contribution in [1.29, 1.82) is 0 Å². The van der Waals surface area contributed by atoms with Gasteiger partial charge in [-0.25, -0.2) is 9.97 Å². The van der Waals surface area contributed by atoms with Crippen LogP contribution in [0.4, 0.5) is 5.95 Å². The quantitative estimate of drug-likeness (QED) is 0.841. The van der Waals surface area contributed by atoms with Crippen molar-refractivity contribution in [2.24, 2.45) is 0 Å². The van der Waals surface area contributed by atoms with Crippen molar-refractivity contribution in [1.82, 2.24) is 19.7 Å². The fraction of sp³-hybridized carbons (Fsp3) is 0.545. The average molecular weight is 233 g/mol. The van der Waals surface area contributed by atoms with E-state index in [0.29, 0.717) is 17.5 Å². The first kappa shape index (κ1) is 10.3. The topological polar surface area (TPSA) is 78.8 Å². The van der Waals surface area contributed by atoms with E-state index < -0.39 is 0 Å². The van der Waals surface area contributed by atoms with Crippen molar-refractivity contribution < 1.29 is 4.84 Å². The molecule has 0 amide bonds. The van der Waals surface area contributed by atoms with E-state index in [2.05, 4.69) is 15.0 Å². The first-order valence-electron chi connectivity index (χ1n) is 5.84. The van der Waals surface area contributed by atoms with E-state index >= 15 is 0 Å². The molecule has 90 valence electrons. The lowest BCUT2D eigenvalue weighted by atomic mass is 10.0. The van der Waals surface area contributed by atoms with E-state index in [4.69, 9.17) is 10.6 Å². The zero-order valence-corrected chi connectivity index (χ0v) is 9.76. The molecular weight excluding hydrogens is 218 g/mol. The van der Waals surface area contributed by atoms with Gasteiger partial charge in [0.2, 0.25) is 11.6 Å². The molecule has 2 aromatic heterocycles. The third-order valence-electron chi connectivity index (χ3n) is 3.35. The van der Waals surface area contributed by atoms with Crippen LogP contribution in [0, 0.1) is 0 Å². The summed E-state index contributed by atoms with van der Waals surface area (Å²) in [5.41, 5.74) is 8.20. The first-order chi connectivity index (χ1) is 8.29. The normalized spacial score (nSPS) is 16.8. The molecule has 2 aromatic rings. The summed E-state index contributed by atoms with van der Waals surface area (Å²) >= 11 is 0. The third kappa shape index (κ3) is 1.60. The van der Waals surface area contributed by atoms with Gasteiger partial charge in [0.15, 0.2) is 0 Å².